The van der Waals surface area contributed by atoms with Crippen LogP contribution in [0, 0.1) is 20.8 Å². The smallest absolute Gasteiger partial charge is 0.251 e. The second-order valence-corrected chi connectivity index (χ2v) is 8.79. The van der Waals surface area contributed by atoms with Crippen LogP contribution in [0.4, 0.5) is 5.82 Å². The monoisotopic (exact) mass is 450 g/mol. The van der Waals surface area contributed by atoms with Gasteiger partial charge in [0.05, 0.1) is 11.4 Å². The molecule has 2 N–H and O–H groups in total. The number of nitrogens with zero attached hydrogens (tertiary/aromatic N) is 2. The van der Waals surface area contributed by atoms with Crippen LogP contribution in [0.3, 0.4) is 0 Å². The molecular formula is C28H26N4O2. The first-order valence-electron chi connectivity index (χ1n) is 11.3. The number of benzene rings is 3. The Balaban J connectivity index is 1.62. The van der Waals surface area contributed by atoms with E-state index in [1.807, 2.05) is 93.6 Å². The summed E-state index contributed by atoms with van der Waals surface area (Å²) in [6.45, 7) is 5.90. The predicted octanol–water partition coefficient (Wildman–Crippen LogP) is 4.68. The highest BCUT2D eigenvalue weighted by Crippen LogP contribution is 2.40. The second kappa shape index (κ2) is 8.63. The Bertz CT molecular complexity index is 1370. The number of para-hydroxylation sites is 1. The molecular weight excluding hydrogens is 424 g/mol. The molecule has 0 radical (unpaired) electrons. The number of nitrogens with one attached hydrogen (secondary N) is 2. The van der Waals surface area contributed by atoms with Crippen molar-refractivity contribution < 1.29 is 9.59 Å². The van der Waals surface area contributed by atoms with E-state index in [0.29, 0.717) is 11.4 Å². The van der Waals surface area contributed by atoms with Gasteiger partial charge in [-0.05, 0) is 50.6 Å². The van der Waals surface area contributed by atoms with E-state index >= 15 is 0 Å². The summed E-state index contributed by atoms with van der Waals surface area (Å²) in [5.74, 6) is -0.287. The van der Waals surface area contributed by atoms with E-state index in [0.717, 1.165) is 33.6 Å². The van der Waals surface area contributed by atoms with Gasteiger partial charge in [-0.2, -0.15) is 5.10 Å². The zero-order valence-electron chi connectivity index (χ0n) is 19.4. The van der Waals surface area contributed by atoms with Crippen molar-refractivity contribution in [1.82, 2.24) is 15.1 Å². The molecule has 0 saturated carbocycles. The summed E-state index contributed by atoms with van der Waals surface area (Å²) in [4.78, 5) is 26.6. The Kier molecular flexibility index (Phi) is 5.49. The molecule has 0 saturated heterocycles. The molecule has 34 heavy (non-hydrogen) atoms. The van der Waals surface area contributed by atoms with Crippen LogP contribution >= 0.6 is 0 Å². The number of hydrogen-bond acceptors (Lipinski definition) is 3. The zero-order valence-corrected chi connectivity index (χ0v) is 19.4. The molecule has 4 aromatic rings. The number of rotatable bonds is 4. The van der Waals surface area contributed by atoms with Crippen LogP contribution in [-0.2, 0) is 4.79 Å². The van der Waals surface area contributed by atoms with E-state index in [2.05, 4.69) is 10.6 Å². The second-order valence-electron chi connectivity index (χ2n) is 8.79. The van der Waals surface area contributed by atoms with Crippen LogP contribution < -0.4 is 10.6 Å². The number of hydrogen-bond donors (Lipinski definition) is 2. The van der Waals surface area contributed by atoms with Gasteiger partial charge in [0.25, 0.3) is 5.91 Å². The van der Waals surface area contributed by atoms with E-state index in [-0.39, 0.29) is 17.7 Å². The van der Waals surface area contributed by atoms with Gasteiger partial charge < -0.3 is 10.6 Å². The molecule has 1 aliphatic heterocycles. The number of amides is 2. The lowest BCUT2D eigenvalue weighted by molar-refractivity contribution is -0.118. The van der Waals surface area contributed by atoms with Gasteiger partial charge in [0.2, 0.25) is 5.91 Å². The van der Waals surface area contributed by atoms with Crippen LogP contribution in [0.1, 0.15) is 44.2 Å². The van der Waals surface area contributed by atoms with Crippen molar-refractivity contribution in [3.63, 3.8) is 0 Å². The minimum Gasteiger partial charge on any atom is -0.339 e. The molecule has 3 aromatic carbocycles. The highest BCUT2D eigenvalue weighted by atomic mass is 16.2. The Hall–Kier alpha value is -4.19. The fraction of sp³-hybridized carbons (Fsp3) is 0.179. The van der Waals surface area contributed by atoms with Gasteiger partial charge in [0.15, 0.2) is 0 Å². The zero-order chi connectivity index (χ0) is 23.8. The quantitative estimate of drug-likeness (QED) is 0.474. The third-order valence-corrected chi connectivity index (χ3v) is 6.28. The van der Waals surface area contributed by atoms with Gasteiger partial charge in [0, 0.05) is 17.0 Å². The standard InChI is InChI=1S/C28H26N4O2/c1-17-12-14-20(15-13-17)24-23-19(3)31-32(22-10-5-4-6-11-22)26(23)30-28(34)25(24)29-27(33)21-9-7-8-18(2)16-21/h4-16,24-25H,1-3H3,(H,29,33)(H,30,34)/t24-,25?/m1/s1. The maximum Gasteiger partial charge on any atom is 0.251 e. The van der Waals surface area contributed by atoms with Gasteiger partial charge in [-0.15, -0.1) is 0 Å². The molecule has 1 unspecified atom stereocenters. The number of carbonyl (C=O) groups excluding carboxylic acids is 2. The Morgan fingerprint density at radius 2 is 1.65 bits per heavy atom. The maximum absolute atomic E-state index is 13.5. The molecule has 2 atom stereocenters. The van der Waals surface area contributed by atoms with Gasteiger partial charge in [-0.3, -0.25) is 9.59 Å². The van der Waals surface area contributed by atoms with E-state index < -0.39 is 6.04 Å². The van der Waals surface area contributed by atoms with Crippen LogP contribution in [0.5, 0.6) is 0 Å². The minimum absolute atomic E-state index is 0.267. The van der Waals surface area contributed by atoms with Gasteiger partial charge >= 0.3 is 0 Å². The molecule has 6 heteroatoms. The van der Waals surface area contributed by atoms with Crippen molar-refractivity contribution in [1.29, 1.82) is 0 Å². The molecule has 2 heterocycles. The van der Waals surface area contributed by atoms with Crippen molar-refractivity contribution in [2.75, 3.05) is 5.32 Å². The molecule has 170 valence electrons. The first-order valence-corrected chi connectivity index (χ1v) is 11.3. The SMILES string of the molecule is Cc1ccc([C@@H]2c3c(C)nn(-c4ccccc4)c3NC(=O)C2NC(=O)c2cccc(C)c2)cc1. The average molecular weight is 451 g/mol. The Morgan fingerprint density at radius 3 is 2.35 bits per heavy atom. The van der Waals surface area contributed by atoms with Gasteiger partial charge in [0.1, 0.15) is 11.9 Å². The fourth-order valence-electron chi connectivity index (χ4n) is 4.59. The van der Waals surface area contributed by atoms with Gasteiger partial charge in [-0.1, -0.05) is 65.7 Å². The molecule has 1 aromatic heterocycles. The number of aromatic nitrogens is 2. The predicted molar refractivity (Wildman–Crippen MR) is 132 cm³/mol. The summed E-state index contributed by atoms with van der Waals surface area (Å²) < 4.78 is 1.77. The topological polar surface area (TPSA) is 76.0 Å². The van der Waals surface area contributed by atoms with E-state index in [9.17, 15) is 9.59 Å². The first-order chi connectivity index (χ1) is 16.4. The van der Waals surface area contributed by atoms with Crippen molar-refractivity contribution in [2.45, 2.75) is 32.7 Å². The van der Waals surface area contributed by atoms with Crippen molar-refractivity contribution >= 4 is 17.6 Å². The Labute approximate surface area is 198 Å². The van der Waals surface area contributed by atoms with Gasteiger partial charge in [-0.25, -0.2) is 4.68 Å². The van der Waals surface area contributed by atoms with E-state index in [1.54, 1.807) is 10.7 Å². The molecule has 0 fully saturated rings. The molecule has 5 rings (SSSR count). The maximum atomic E-state index is 13.5. The number of aryl methyl sites for hydroxylation is 3. The third-order valence-electron chi connectivity index (χ3n) is 6.28. The largest absolute Gasteiger partial charge is 0.339 e. The van der Waals surface area contributed by atoms with Crippen molar-refractivity contribution in [3.05, 3.63) is 112 Å². The van der Waals surface area contributed by atoms with E-state index in [1.165, 1.54) is 0 Å². The van der Waals surface area contributed by atoms with Crippen LogP contribution in [0.25, 0.3) is 5.69 Å². The number of anilines is 1. The summed E-state index contributed by atoms with van der Waals surface area (Å²) in [5.41, 5.74) is 6.16. The number of carbonyl (C=O) groups is 2. The van der Waals surface area contributed by atoms with Crippen molar-refractivity contribution in [3.8, 4) is 5.69 Å². The molecule has 0 spiro atoms. The van der Waals surface area contributed by atoms with Crippen molar-refractivity contribution in [2.24, 2.45) is 0 Å². The fourth-order valence-corrected chi connectivity index (χ4v) is 4.59. The summed E-state index contributed by atoms with van der Waals surface area (Å²) in [6.07, 6.45) is 0. The Morgan fingerprint density at radius 1 is 0.912 bits per heavy atom. The summed E-state index contributed by atoms with van der Waals surface area (Å²) >= 11 is 0. The third kappa shape index (κ3) is 3.88. The molecule has 6 nitrogen and oxygen atoms in total. The lowest BCUT2D eigenvalue weighted by atomic mass is 9.81. The highest BCUT2D eigenvalue weighted by Gasteiger charge is 2.41. The normalized spacial score (nSPS) is 17.1. The van der Waals surface area contributed by atoms with Crippen LogP contribution in [0.2, 0.25) is 0 Å². The molecule has 1 aliphatic rings. The van der Waals surface area contributed by atoms with Crippen LogP contribution in [0.15, 0.2) is 78.9 Å². The number of fused-ring (bicyclic) bond motifs is 1. The molecule has 2 amide bonds. The highest BCUT2D eigenvalue weighted by molar-refractivity contribution is 6.04. The first kappa shape index (κ1) is 21.6. The summed E-state index contributed by atoms with van der Waals surface area (Å²) in [5, 5.41) is 10.8. The summed E-state index contributed by atoms with van der Waals surface area (Å²) in [6, 6.07) is 24.4. The lowest BCUT2D eigenvalue weighted by Gasteiger charge is -2.33. The van der Waals surface area contributed by atoms with E-state index in [4.69, 9.17) is 5.10 Å². The molecule has 0 bridgehead atoms. The molecule has 0 aliphatic carbocycles. The summed E-state index contributed by atoms with van der Waals surface area (Å²) in [7, 11) is 0. The lowest BCUT2D eigenvalue weighted by Crippen LogP contribution is -2.50. The van der Waals surface area contributed by atoms with Crippen LogP contribution in [-0.4, -0.2) is 27.6 Å². The average Bonchev–Trinajstić information content (AvgIpc) is 3.16. The minimum atomic E-state index is -0.782.